The van der Waals surface area contributed by atoms with Crippen LogP contribution in [0.3, 0.4) is 0 Å². The van der Waals surface area contributed by atoms with Gasteiger partial charge in [-0.3, -0.25) is 14.4 Å². The lowest BCUT2D eigenvalue weighted by atomic mass is 9.71. The van der Waals surface area contributed by atoms with Gasteiger partial charge in [0.1, 0.15) is 6.04 Å². The Morgan fingerprint density at radius 3 is 2.63 bits per heavy atom. The number of unbranched alkanes of at least 4 members (excludes halogenated alkanes) is 2. The molecule has 3 fully saturated rings. The summed E-state index contributed by atoms with van der Waals surface area (Å²) in [5.41, 5.74) is 2.10. The Morgan fingerprint density at radius 1 is 1.19 bits per heavy atom. The number of thioether (sulfide) groups is 1. The van der Waals surface area contributed by atoms with Gasteiger partial charge in [-0.1, -0.05) is 66.2 Å². The number of aliphatic hydroxyl groups excluding tert-OH is 1. The largest absolute Gasteiger partial charge is 0.465 e. The third-order valence-electron chi connectivity index (χ3n) is 9.02. The average Bonchev–Trinajstić information content (AvgIpc) is 3.65. The van der Waals surface area contributed by atoms with E-state index in [1.165, 1.54) is 0 Å². The van der Waals surface area contributed by atoms with Crippen LogP contribution in [0.2, 0.25) is 5.02 Å². The van der Waals surface area contributed by atoms with Crippen LogP contribution in [-0.4, -0.2) is 63.6 Å². The zero-order valence-corrected chi connectivity index (χ0v) is 26.1. The Bertz CT molecular complexity index is 1370. The quantitative estimate of drug-likeness (QED) is 0.170. The van der Waals surface area contributed by atoms with E-state index in [4.69, 9.17) is 16.3 Å². The van der Waals surface area contributed by atoms with E-state index >= 15 is 0 Å². The highest BCUT2D eigenvalue weighted by molar-refractivity contribution is 8.02. The van der Waals surface area contributed by atoms with Gasteiger partial charge in [0.05, 0.1) is 46.5 Å². The third-order valence-corrected chi connectivity index (χ3v) is 11.3. The van der Waals surface area contributed by atoms with Crippen LogP contribution in [0.4, 0.5) is 5.69 Å². The summed E-state index contributed by atoms with van der Waals surface area (Å²) in [5, 5.41) is 11.0. The number of ether oxygens (including phenoxy) is 1. The second-order valence-electron chi connectivity index (χ2n) is 11.5. The first-order valence-electron chi connectivity index (χ1n) is 14.9. The number of aliphatic hydroxyl groups is 1. The molecule has 2 amide bonds. The summed E-state index contributed by atoms with van der Waals surface area (Å²) in [6.07, 6.45) is 7.21. The molecule has 3 heterocycles. The van der Waals surface area contributed by atoms with Gasteiger partial charge in [-0.2, -0.15) is 0 Å². The van der Waals surface area contributed by atoms with Crippen molar-refractivity contribution in [1.29, 1.82) is 0 Å². The second-order valence-corrected chi connectivity index (χ2v) is 13.5. The van der Waals surface area contributed by atoms with Gasteiger partial charge >= 0.3 is 5.97 Å². The molecule has 0 radical (unpaired) electrons. The summed E-state index contributed by atoms with van der Waals surface area (Å²) >= 11 is 8.25. The number of benzene rings is 2. The number of carbonyl (C=O) groups is 3. The van der Waals surface area contributed by atoms with Gasteiger partial charge in [-0.05, 0) is 56.2 Å². The van der Waals surface area contributed by atoms with Crippen LogP contribution in [-0.2, 0) is 19.1 Å². The number of aryl methyl sites for hydroxylation is 1. The molecule has 2 aromatic rings. The predicted octanol–water partition coefficient (Wildman–Crippen LogP) is 5.89. The average molecular weight is 623 g/mol. The summed E-state index contributed by atoms with van der Waals surface area (Å²) in [4.78, 5) is 46.3. The minimum Gasteiger partial charge on any atom is -0.465 e. The summed E-state index contributed by atoms with van der Waals surface area (Å²) in [5.74, 6) is -2.36. The molecule has 6 atom stereocenters. The van der Waals surface area contributed by atoms with E-state index in [-0.39, 0.29) is 42.8 Å². The smallest absolute Gasteiger partial charge is 0.310 e. The highest BCUT2D eigenvalue weighted by Crippen LogP contribution is 2.67. The monoisotopic (exact) mass is 622 g/mol. The lowest BCUT2D eigenvalue weighted by Gasteiger charge is -2.40. The number of hydrogen-bond acceptors (Lipinski definition) is 6. The van der Waals surface area contributed by atoms with E-state index in [2.05, 4.69) is 13.2 Å². The van der Waals surface area contributed by atoms with E-state index in [9.17, 15) is 19.5 Å². The maximum absolute atomic E-state index is 14.9. The van der Waals surface area contributed by atoms with Crippen molar-refractivity contribution in [1.82, 2.24) is 4.90 Å². The minimum absolute atomic E-state index is 0.119. The molecule has 43 heavy (non-hydrogen) atoms. The van der Waals surface area contributed by atoms with Crippen LogP contribution >= 0.6 is 23.4 Å². The van der Waals surface area contributed by atoms with Crippen LogP contribution in [0.5, 0.6) is 0 Å². The molecule has 1 spiro atoms. The standard InChI is InChI=1S/C34H39ClN2O5S/c1-4-6-7-11-20-42-33(41)27-26-17-18-34(43-26)28(27)31(39)37(25(21-38)23-14-9-8-10-15-23)30(34)32(40)36(19-5-2)29-22(3)13-12-16-24(29)35/h4-5,8-10,12-16,25-28,30,38H,1-2,6-7,11,17-21H2,3H3/t25-,26+,27-,28+,30?,34?/m1/s1. The topological polar surface area (TPSA) is 87.2 Å². The Balaban J connectivity index is 1.58. The van der Waals surface area contributed by atoms with Crippen molar-refractivity contribution < 1.29 is 24.2 Å². The molecule has 228 valence electrons. The Kier molecular flexibility index (Phi) is 9.69. The SMILES string of the molecule is C=CCCCCOC(=O)[C@@H]1[C@@H]2CCC3(S2)C(C(=O)N(CC=C)c2c(C)cccc2Cl)N([C@H](CO)c2ccccc2)C(=O)[C@H]13. The maximum atomic E-state index is 14.9. The van der Waals surface area contributed by atoms with Crippen LogP contribution < -0.4 is 4.90 Å². The normalized spacial score (nSPS) is 26.2. The highest BCUT2D eigenvalue weighted by Gasteiger charge is 2.75. The van der Waals surface area contributed by atoms with Crippen molar-refractivity contribution in [2.75, 3.05) is 24.7 Å². The fraction of sp³-hybridized carbons (Fsp3) is 0.441. The fourth-order valence-electron chi connectivity index (χ4n) is 7.20. The van der Waals surface area contributed by atoms with Crippen LogP contribution in [0, 0.1) is 18.8 Å². The summed E-state index contributed by atoms with van der Waals surface area (Å²) in [6.45, 7) is 9.61. The van der Waals surface area contributed by atoms with Gasteiger partial charge in [0, 0.05) is 11.8 Å². The lowest BCUT2D eigenvalue weighted by Crippen LogP contribution is -2.56. The Labute approximate surface area is 262 Å². The van der Waals surface area contributed by atoms with Crippen molar-refractivity contribution in [3.63, 3.8) is 0 Å². The van der Waals surface area contributed by atoms with Gasteiger partial charge in [0.2, 0.25) is 5.91 Å². The van der Waals surface area contributed by atoms with Crippen LogP contribution in [0.25, 0.3) is 0 Å². The van der Waals surface area contributed by atoms with E-state index < -0.39 is 28.7 Å². The third kappa shape index (κ3) is 5.54. The molecular weight excluding hydrogens is 584 g/mol. The number of allylic oxidation sites excluding steroid dienone is 1. The molecular formula is C34H39ClN2O5S. The number of amides is 2. The predicted molar refractivity (Wildman–Crippen MR) is 171 cm³/mol. The molecule has 0 aliphatic carbocycles. The highest BCUT2D eigenvalue weighted by atomic mass is 35.5. The number of nitrogens with zero attached hydrogens (tertiary/aromatic N) is 2. The molecule has 7 nitrogen and oxygen atoms in total. The van der Waals surface area contributed by atoms with Gasteiger partial charge in [0.15, 0.2) is 0 Å². The van der Waals surface area contributed by atoms with Gasteiger partial charge in [-0.25, -0.2) is 0 Å². The molecule has 3 aliphatic heterocycles. The van der Waals surface area contributed by atoms with Gasteiger partial charge in [-0.15, -0.1) is 24.9 Å². The molecule has 0 saturated carbocycles. The number of carbonyl (C=O) groups excluding carboxylic acids is 3. The Morgan fingerprint density at radius 2 is 1.95 bits per heavy atom. The number of anilines is 1. The van der Waals surface area contributed by atoms with E-state index in [1.54, 1.807) is 33.7 Å². The molecule has 2 bridgehead atoms. The van der Waals surface area contributed by atoms with Crippen molar-refractivity contribution >= 4 is 46.8 Å². The zero-order valence-electron chi connectivity index (χ0n) is 24.5. The van der Waals surface area contributed by atoms with Crippen molar-refractivity contribution in [2.45, 2.75) is 61.1 Å². The molecule has 9 heteroatoms. The molecule has 0 aromatic heterocycles. The summed E-state index contributed by atoms with van der Waals surface area (Å²) in [7, 11) is 0. The number of halogens is 1. The molecule has 3 aliphatic rings. The van der Waals surface area contributed by atoms with Crippen LogP contribution in [0.15, 0.2) is 73.8 Å². The first-order valence-corrected chi connectivity index (χ1v) is 16.2. The number of esters is 1. The lowest BCUT2D eigenvalue weighted by molar-refractivity contribution is -0.154. The number of para-hydroxylation sites is 1. The van der Waals surface area contributed by atoms with Gasteiger partial charge < -0.3 is 19.6 Å². The van der Waals surface area contributed by atoms with E-state index in [0.29, 0.717) is 30.0 Å². The molecule has 3 saturated heterocycles. The van der Waals surface area contributed by atoms with Gasteiger partial charge in [0.25, 0.3) is 5.91 Å². The maximum Gasteiger partial charge on any atom is 0.310 e. The summed E-state index contributed by atoms with van der Waals surface area (Å²) < 4.78 is 4.89. The van der Waals surface area contributed by atoms with Crippen molar-refractivity contribution in [3.05, 3.63) is 90.0 Å². The second kappa shape index (κ2) is 13.3. The van der Waals surface area contributed by atoms with E-state index in [0.717, 1.165) is 24.0 Å². The number of fused-ring (bicyclic) bond motifs is 1. The minimum atomic E-state index is -0.932. The van der Waals surface area contributed by atoms with Crippen LogP contribution in [0.1, 0.15) is 49.3 Å². The Hall–Kier alpha value is -3.07. The number of hydrogen-bond donors (Lipinski definition) is 1. The molecule has 2 unspecified atom stereocenters. The van der Waals surface area contributed by atoms with Crippen molar-refractivity contribution in [3.8, 4) is 0 Å². The first kappa shape index (κ1) is 31.4. The fourth-order valence-corrected chi connectivity index (χ4v) is 9.71. The molecule has 2 aromatic carbocycles. The number of likely N-dealkylation sites (tertiary alicyclic amines) is 1. The molecule has 1 N–H and O–H groups in total. The van der Waals surface area contributed by atoms with E-state index in [1.807, 2.05) is 55.5 Å². The zero-order chi connectivity index (χ0) is 30.7. The molecule has 5 rings (SSSR count). The first-order chi connectivity index (χ1) is 20.8. The summed E-state index contributed by atoms with van der Waals surface area (Å²) in [6, 6.07) is 13.0. The van der Waals surface area contributed by atoms with Crippen molar-refractivity contribution in [2.24, 2.45) is 11.8 Å². The number of rotatable bonds is 13.